The Balaban J connectivity index is 2.09. The molecule has 0 amide bonds. The van der Waals surface area contributed by atoms with E-state index in [0.717, 1.165) is 12.0 Å². The SMILES string of the molecule is CCCOc1ccc(S(=O)(=O)NC[C@H](O)c2ccc(OC)c(OC)c2)cc1C. The van der Waals surface area contributed by atoms with Gasteiger partial charge in [-0.3, -0.25) is 0 Å². The lowest BCUT2D eigenvalue weighted by molar-refractivity contribution is 0.181. The number of rotatable bonds is 10. The smallest absolute Gasteiger partial charge is 0.240 e. The van der Waals surface area contributed by atoms with Crippen LogP contribution in [0.5, 0.6) is 17.2 Å². The molecular weight excluding hydrogens is 382 g/mol. The number of hydrogen-bond donors (Lipinski definition) is 2. The Bertz CT molecular complexity index is 898. The van der Waals surface area contributed by atoms with Crippen LogP contribution in [0.2, 0.25) is 0 Å². The molecule has 0 aromatic heterocycles. The fourth-order valence-electron chi connectivity index (χ4n) is 2.61. The lowest BCUT2D eigenvalue weighted by atomic mass is 10.1. The van der Waals surface area contributed by atoms with E-state index >= 15 is 0 Å². The molecule has 2 aromatic carbocycles. The van der Waals surface area contributed by atoms with Gasteiger partial charge in [0, 0.05) is 6.54 Å². The second kappa shape index (κ2) is 9.77. The molecule has 7 nitrogen and oxygen atoms in total. The van der Waals surface area contributed by atoms with Crippen LogP contribution >= 0.6 is 0 Å². The van der Waals surface area contributed by atoms with Crippen LogP contribution in [-0.2, 0) is 10.0 Å². The van der Waals surface area contributed by atoms with Crippen LogP contribution in [0.1, 0.15) is 30.6 Å². The number of aliphatic hydroxyl groups is 1. The number of methoxy groups -OCH3 is 2. The zero-order valence-corrected chi connectivity index (χ0v) is 17.4. The molecule has 2 aromatic rings. The molecule has 0 aliphatic heterocycles. The van der Waals surface area contributed by atoms with Crippen LogP contribution in [-0.4, -0.2) is 40.9 Å². The molecule has 2 N–H and O–H groups in total. The van der Waals surface area contributed by atoms with E-state index in [9.17, 15) is 13.5 Å². The van der Waals surface area contributed by atoms with Crippen molar-refractivity contribution in [1.82, 2.24) is 4.72 Å². The number of benzene rings is 2. The highest BCUT2D eigenvalue weighted by atomic mass is 32.2. The van der Waals surface area contributed by atoms with E-state index in [4.69, 9.17) is 14.2 Å². The fourth-order valence-corrected chi connectivity index (χ4v) is 3.74. The minimum atomic E-state index is -3.77. The van der Waals surface area contributed by atoms with Gasteiger partial charge in [0.15, 0.2) is 11.5 Å². The molecule has 0 spiro atoms. The molecule has 28 heavy (non-hydrogen) atoms. The van der Waals surface area contributed by atoms with Gasteiger partial charge in [0.1, 0.15) is 5.75 Å². The van der Waals surface area contributed by atoms with Crippen molar-refractivity contribution in [2.75, 3.05) is 27.4 Å². The van der Waals surface area contributed by atoms with Gasteiger partial charge in [-0.1, -0.05) is 13.0 Å². The van der Waals surface area contributed by atoms with Crippen molar-refractivity contribution in [1.29, 1.82) is 0 Å². The summed E-state index contributed by atoms with van der Waals surface area (Å²) in [4.78, 5) is 0.119. The standard InChI is InChI=1S/C20H27NO6S/c1-5-10-27-18-9-7-16(11-14(18)2)28(23,24)21-13-17(22)15-6-8-19(25-3)20(12-15)26-4/h6-9,11-12,17,21-22H,5,10,13H2,1-4H3/t17-/m0/s1. The average molecular weight is 410 g/mol. The van der Waals surface area contributed by atoms with Gasteiger partial charge < -0.3 is 19.3 Å². The first kappa shape index (κ1) is 22.0. The highest BCUT2D eigenvalue weighted by molar-refractivity contribution is 7.89. The van der Waals surface area contributed by atoms with Gasteiger partial charge in [0.05, 0.1) is 31.8 Å². The van der Waals surface area contributed by atoms with Crippen molar-refractivity contribution >= 4 is 10.0 Å². The minimum Gasteiger partial charge on any atom is -0.493 e. The van der Waals surface area contributed by atoms with Gasteiger partial charge in [0.25, 0.3) is 0 Å². The molecule has 0 bridgehead atoms. The fraction of sp³-hybridized carbons (Fsp3) is 0.400. The number of ether oxygens (including phenoxy) is 3. The first-order valence-corrected chi connectivity index (χ1v) is 10.4. The lowest BCUT2D eigenvalue weighted by Crippen LogP contribution is -2.28. The third-order valence-electron chi connectivity index (χ3n) is 4.18. The van der Waals surface area contributed by atoms with Gasteiger partial charge in [0.2, 0.25) is 10.0 Å². The predicted octanol–water partition coefficient (Wildman–Crippen LogP) is 2.81. The maximum atomic E-state index is 12.6. The van der Waals surface area contributed by atoms with Crippen LogP contribution in [0, 0.1) is 6.92 Å². The summed E-state index contributed by atoms with van der Waals surface area (Å²) >= 11 is 0. The van der Waals surface area contributed by atoms with Gasteiger partial charge in [-0.25, -0.2) is 13.1 Å². The second-order valence-corrected chi connectivity index (χ2v) is 8.02. The predicted molar refractivity (Wildman–Crippen MR) is 107 cm³/mol. The Labute approximate surface area is 166 Å². The lowest BCUT2D eigenvalue weighted by Gasteiger charge is -2.16. The highest BCUT2D eigenvalue weighted by Crippen LogP contribution is 2.30. The maximum absolute atomic E-state index is 12.6. The molecule has 8 heteroatoms. The molecule has 0 radical (unpaired) electrons. The molecule has 0 heterocycles. The number of aryl methyl sites for hydroxylation is 1. The van der Waals surface area contributed by atoms with Crippen LogP contribution < -0.4 is 18.9 Å². The molecule has 154 valence electrons. The summed E-state index contributed by atoms with van der Waals surface area (Å²) in [5.74, 6) is 1.64. The number of aliphatic hydroxyl groups excluding tert-OH is 1. The quantitative estimate of drug-likeness (QED) is 0.627. The zero-order chi connectivity index (χ0) is 20.7. The van der Waals surface area contributed by atoms with E-state index in [1.165, 1.54) is 20.3 Å². The van der Waals surface area contributed by atoms with E-state index in [-0.39, 0.29) is 11.4 Å². The molecule has 1 atom stereocenters. The summed E-state index contributed by atoms with van der Waals surface area (Å²) in [5, 5.41) is 10.4. The van der Waals surface area contributed by atoms with Crippen molar-refractivity contribution in [2.45, 2.75) is 31.3 Å². The molecule has 0 aliphatic rings. The van der Waals surface area contributed by atoms with Gasteiger partial charge >= 0.3 is 0 Å². The first-order valence-electron chi connectivity index (χ1n) is 8.95. The number of nitrogens with one attached hydrogen (secondary N) is 1. The summed E-state index contributed by atoms with van der Waals surface area (Å²) in [6, 6.07) is 9.61. The Morgan fingerprint density at radius 2 is 1.71 bits per heavy atom. The number of hydrogen-bond acceptors (Lipinski definition) is 6. The normalized spacial score (nSPS) is 12.5. The van der Waals surface area contributed by atoms with Gasteiger partial charge in [-0.15, -0.1) is 0 Å². The van der Waals surface area contributed by atoms with E-state index < -0.39 is 16.1 Å². The van der Waals surface area contributed by atoms with Gasteiger partial charge in [-0.05, 0) is 54.8 Å². The van der Waals surface area contributed by atoms with Crippen molar-refractivity contribution in [3.05, 3.63) is 47.5 Å². The summed E-state index contributed by atoms with van der Waals surface area (Å²) in [6.07, 6.45) is -0.169. The summed E-state index contributed by atoms with van der Waals surface area (Å²) in [6.45, 7) is 4.19. The third-order valence-corrected chi connectivity index (χ3v) is 5.60. The molecule has 0 fully saturated rings. The molecule has 2 rings (SSSR count). The Hall–Kier alpha value is -2.29. The molecular formula is C20H27NO6S. The van der Waals surface area contributed by atoms with Crippen LogP contribution in [0.15, 0.2) is 41.3 Å². The van der Waals surface area contributed by atoms with Crippen LogP contribution in [0.4, 0.5) is 0 Å². The third kappa shape index (κ3) is 5.37. The molecule has 0 aliphatic carbocycles. The van der Waals surface area contributed by atoms with E-state index in [2.05, 4.69) is 4.72 Å². The maximum Gasteiger partial charge on any atom is 0.240 e. The van der Waals surface area contributed by atoms with Crippen LogP contribution in [0.25, 0.3) is 0 Å². The molecule has 0 saturated carbocycles. The number of sulfonamides is 1. The van der Waals surface area contributed by atoms with E-state index in [1.54, 1.807) is 37.3 Å². The topological polar surface area (TPSA) is 94.1 Å². The van der Waals surface area contributed by atoms with E-state index in [0.29, 0.717) is 29.4 Å². The second-order valence-electron chi connectivity index (χ2n) is 6.26. The summed E-state index contributed by atoms with van der Waals surface area (Å²) < 4.78 is 43.5. The molecule has 0 unspecified atom stereocenters. The van der Waals surface area contributed by atoms with Crippen molar-refractivity contribution < 1.29 is 27.7 Å². The Morgan fingerprint density at radius 3 is 2.32 bits per heavy atom. The van der Waals surface area contributed by atoms with Crippen molar-refractivity contribution in [3.8, 4) is 17.2 Å². The average Bonchev–Trinajstić information content (AvgIpc) is 2.70. The van der Waals surface area contributed by atoms with E-state index in [1.807, 2.05) is 6.92 Å². The van der Waals surface area contributed by atoms with Crippen molar-refractivity contribution in [3.63, 3.8) is 0 Å². The molecule has 0 saturated heterocycles. The Morgan fingerprint density at radius 1 is 1.04 bits per heavy atom. The van der Waals surface area contributed by atoms with Gasteiger partial charge in [-0.2, -0.15) is 0 Å². The minimum absolute atomic E-state index is 0.119. The highest BCUT2D eigenvalue weighted by Gasteiger charge is 2.19. The van der Waals surface area contributed by atoms with Crippen LogP contribution in [0.3, 0.4) is 0 Å². The first-order chi connectivity index (χ1) is 13.3. The summed E-state index contributed by atoms with van der Waals surface area (Å²) in [5.41, 5.74) is 1.25. The van der Waals surface area contributed by atoms with Crippen molar-refractivity contribution in [2.24, 2.45) is 0 Å². The Kier molecular flexibility index (Phi) is 7.68. The monoisotopic (exact) mass is 409 g/mol. The zero-order valence-electron chi connectivity index (χ0n) is 16.6. The largest absolute Gasteiger partial charge is 0.493 e. The summed E-state index contributed by atoms with van der Waals surface area (Å²) in [7, 11) is -0.764.